The van der Waals surface area contributed by atoms with Gasteiger partial charge in [0.25, 0.3) is 0 Å². The van der Waals surface area contributed by atoms with Gasteiger partial charge in [0.15, 0.2) is 5.82 Å². The number of ketones is 1. The molecule has 1 aliphatic carbocycles. The highest BCUT2D eigenvalue weighted by Gasteiger charge is 2.39. The summed E-state index contributed by atoms with van der Waals surface area (Å²) in [5.41, 5.74) is 4.09. The summed E-state index contributed by atoms with van der Waals surface area (Å²) < 4.78 is 14.3. The van der Waals surface area contributed by atoms with Crippen molar-refractivity contribution in [2.45, 2.75) is 32.6 Å². The molecule has 154 valence electrons. The highest BCUT2D eigenvalue weighted by molar-refractivity contribution is 6.30. The number of aromatic nitrogens is 1. The highest BCUT2D eigenvalue weighted by Crippen LogP contribution is 2.44. The van der Waals surface area contributed by atoms with Crippen molar-refractivity contribution in [1.29, 1.82) is 0 Å². The lowest BCUT2D eigenvalue weighted by Crippen LogP contribution is -2.25. The molecule has 1 aliphatic rings. The summed E-state index contributed by atoms with van der Waals surface area (Å²) in [5.74, 6) is 0.984. The Bertz CT molecular complexity index is 1060. The first-order valence-electron chi connectivity index (χ1n) is 9.57. The number of terminal acetylenes is 1. The number of amides is 1. The molecule has 2 aromatic rings. The maximum atomic E-state index is 14.3. The van der Waals surface area contributed by atoms with E-state index in [1.165, 1.54) is 12.3 Å². The molecule has 30 heavy (non-hydrogen) atoms. The van der Waals surface area contributed by atoms with E-state index < -0.39 is 11.7 Å². The van der Waals surface area contributed by atoms with Gasteiger partial charge in [0.05, 0.1) is 17.5 Å². The fourth-order valence-corrected chi connectivity index (χ4v) is 4.27. The lowest BCUT2D eigenvalue weighted by Gasteiger charge is -2.20. The third-order valence-electron chi connectivity index (χ3n) is 5.45. The van der Waals surface area contributed by atoms with Crippen LogP contribution >= 0.6 is 11.6 Å². The van der Waals surface area contributed by atoms with Crippen LogP contribution in [0.2, 0.25) is 5.02 Å². The summed E-state index contributed by atoms with van der Waals surface area (Å²) >= 11 is 5.80. The van der Waals surface area contributed by atoms with Crippen LogP contribution in [0.25, 0.3) is 11.3 Å². The van der Waals surface area contributed by atoms with Crippen molar-refractivity contribution in [2.75, 3.05) is 6.54 Å². The minimum Gasteiger partial charge on any atom is -0.345 e. The smallest absolute Gasteiger partial charge is 0.221 e. The Morgan fingerprint density at radius 3 is 2.63 bits per heavy atom. The molecule has 1 saturated carbocycles. The van der Waals surface area contributed by atoms with E-state index in [1.807, 2.05) is 26.0 Å². The number of aryl methyl sites for hydroxylation is 2. The maximum absolute atomic E-state index is 14.3. The van der Waals surface area contributed by atoms with Gasteiger partial charge in [0.1, 0.15) is 11.5 Å². The van der Waals surface area contributed by atoms with Crippen LogP contribution in [0.5, 0.6) is 0 Å². The monoisotopic (exact) mass is 424 g/mol. The Hall–Kier alpha value is -2.97. The van der Waals surface area contributed by atoms with Crippen molar-refractivity contribution >= 4 is 23.3 Å². The number of rotatable bonds is 5. The minimum absolute atomic E-state index is 0.0319. The molecule has 1 aromatic carbocycles. The zero-order chi connectivity index (χ0) is 22.0. The molecular weight excluding hydrogens is 403 g/mol. The standard InChI is InChI=1S/C24H22ClFN2O2/c1-5-6-27-21(30)10-16-9-20(29)23(15(16)4)22-13(2)7-17(8-14(22)3)24-19(26)11-18(25)12-28-24/h1,7-8,11-12,16,23H,4,6,9-10H2,2-3H3,(H,27,30). The number of Topliss-reactive ketones (excluding diaryl/α,β-unsaturated/α-hetero) is 1. The average molecular weight is 425 g/mol. The minimum atomic E-state index is -0.506. The molecule has 4 nitrogen and oxygen atoms in total. The predicted octanol–water partition coefficient (Wildman–Crippen LogP) is 4.53. The van der Waals surface area contributed by atoms with Crippen LogP contribution in [0.4, 0.5) is 4.39 Å². The van der Waals surface area contributed by atoms with Crippen molar-refractivity contribution in [2.24, 2.45) is 5.92 Å². The number of pyridine rings is 1. The van der Waals surface area contributed by atoms with Gasteiger partial charge in [-0.1, -0.05) is 29.7 Å². The Morgan fingerprint density at radius 1 is 1.37 bits per heavy atom. The quantitative estimate of drug-likeness (QED) is 0.566. The van der Waals surface area contributed by atoms with Crippen LogP contribution in [0.3, 0.4) is 0 Å². The molecule has 0 spiro atoms. The van der Waals surface area contributed by atoms with E-state index in [4.69, 9.17) is 18.0 Å². The molecule has 1 fully saturated rings. The Labute approximate surface area is 180 Å². The summed E-state index contributed by atoms with van der Waals surface area (Å²) in [6.45, 7) is 8.06. The van der Waals surface area contributed by atoms with E-state index in [0.29, 0.717) is 5.56 Å². The van der Waals surface area contributed by atoms with E-state index >= 15 is 0 Å². The number of benzene rings is 1. The van der Waals surface area contributed by atoms with Crippen molar-refractivity contribution in [3.63, 3.8) is 0 Å². The number of carbonyl (C=O) groups excluding carboxylic acids is 2. The first-order valence-corrected chi connectivity index (χ1v) is 9.94. The third kappa shape index (κ3) is 4.29. The van der Waals surface area contributed by atoms with E-state index in [9.17, 15) is 14.0 Å². The number of carbonyl (C=O) groups is 2. The number of nitrogens with zero attached hydrogens (tertiary/aromatic N) is 1. The van der Waals surface area contributed by atoms with Gasteiger partial charge >= 0.3 is 0 Å². The van der Waals surface area contributed by atoms with E-state index in [0.717, 1.165) is 22.3 Å². The molecule has 1 aromatic heterocycles. The lowest BCUT2D eigenvalue weighted by atomic mass is 9.84. The molecule has 2 unspecified atom stereocenters. The number of nitrogens with one attached hydrogen (secondary N) is 1. The molecule has 2 atom stereocenters. The van der Waals surface area contributed by atoms with Crippen LogP contribution in [-0.2, 0) is 9.59 Å². The first kappa shape index (κ1) is 21.7. The Kier molecular flexibility index (Phi) is 6.38. The fourth-order valence-electron chi connectivity index (χ4n) is 4.12. The lowest BCUT2D eigenvalue weighted by molar-refractivity contribution is -0.121. The summed E-state index contributed by atoms with van der Waals surface area (Å²) in [5, 5.41) is 2.86. The topological polar surface area (TPSA) is 59.1 Å². The van der Waals surface area contributed by atoms with E-state index in [2.05, 4.69) is 22.8 Å². The van der Waals surface area contributed by atoms with Crippen LogP contribution < -0.4 is 5.32 Å². The normalized spacial score (nSPS) is 18.4. The van der Waals surface area contributed by atoms with Gasteiger partial charge in [0.2, 0.25) is 5.91 Å². The molecule has 1 heterocycles. The van der Waals surface area contributed by atoms with Gasteiger partial charge < -0.3 is 5.32 Å². The largest absolute Gasteiger partial charge is 0.345 e. The molecule has 0 aliphatic heterocycles. The van der Waals surface area contributed by atoms with Crippen LogP contribution in [0, 0.1) is 37.9 Å². The molecule has 6 heteroatoms. The summed E-state index contributed by atoms with van der Waals surface area (Å²) in [6.07, 6.45) is 7.01. The maximum Gasteiger partial charge on any atom is 0.221 e. The average Bonchev–Trinajstić information content (AvgIpc) is 2.93. The van der Waals surface area contributed by atoms with Gasteiger partial charge in [-0.05, 0) is 54.7 Å². The second kappa shape index (κ2) is 8.81. The van der Waals surface area contributed by atoms with Gasteiger partial charge in [-0.3, -0.25) is 14.6 Å². The van der Waals surface area contributed by atoms with Gasteiger partial charge in [-0.15, -0.1) is 6.42 Å². The van der Waals surface area contributed by atoms with Crippen molar-refractivity contribution in [3.8, 4) is 23.6 Å². The fraction of sp³-hybridized carbons (Fsp3) is 0.292. The number of hydrogen-bond acceptors (Lipinski definition) is 3. The third-order valence-corrected chi connectivity index (χ3v) is 5.65. The van der Waals surface area contributed by atoms with Gasteiger partial charge in [0, 0.05) is 24.6 Å². The second-order valence-corrected chi connectivity index (χ2v) is 8.00. The summed E-state index contributed by atoms with van der Waals surface area (Å²) in [6, 6.07) is 4.85. The van der Waals surface area contributed by atoms with E-state index in [1.54, 1.807) is 0 Å². The van der Waals surface area contributed by atoms with Crippen molar-refractivity contribution < 1.29 is 14.0 Å². The molecule has 0 radical (unpaired) electrons. The van der Waals surface area contributed by atoms with Crippen molar-refractivity contribution in [3.05, 3.63) is 64.1 Å². The molecule has 1 amide bonds. The van der Waals surface area contributed by atoms with Crippen LogP contribution in [-0.4, -0.2) is 23.2 Å². The molecule has 1 N–H and O–H groups in total. The SMILES string of the molecule is C#CCNC(=O)CC1CC(=O)C(c2c(C)cc(-c3ncc(Cl)cc3F)cc2C)C1=C. The zero-order valence-corrected chi connectivity index (χ0v) is 17.6. The van der Waals surface area contributed by atoms with Gasteiger partial charge in [-0.25, -0.2) is 4.39 Å². The zero-order valence-electron chi connectivity index (χ0n) is 16.9. The number of halogens is 2. The first-order chi connectivity index (χ1) is 14.2. The molecule has 0 saturated heterocycles. The number of hydrogen-bond donors (Lipinski definition) is 1. The molecule has 0 bridgehead atoms. The summed E-state index contributed by atoms with van der Waals surface area (Å²) in [4.78, 5) is 29.0. The highest BCUT2D eigenvalue weighted by atomic mass is 35.5. The molecule has 3 rings (SSSR count). The van der Waals surface area contributed by atoms with Crippen molar-refractivity contribution in [1.82, 2.24) is 10.3 Å². The Morgan fingerprint density at radius 2 is 2.03 bits per heavy atom. The van der Waals surface area contributed by atoms with Crippen LogP contribution in [0.1, 0.15) is 35.4 Å². The predicted molar refractivity (Wildman–Crippen MR) is 116 cm³/mol. The number of allylic oxidation sites excluding steroid dienone is 1. The van der Waals surface area contributed by atoms with Crippen LogP contribution in [0.15, 0.2) is 36.5 Å². The second-order valence-electron chi connectivity index (χ2n) is 7.57. The molecular formula is C24H22ClFN2O2. The van der Waals surface area contributed by atoms with Gasteiger partial charge in [-0.2, -0.15) is 0 Å². The summed E-state index contributed by atoms with van der Waals surface area (Å²) in [7, 11) is 0. The van der Waals surface area contributed by atoms with E-state index in [-0.39, 0.29) is 47.7 Å². The Balaban J connectivity index is 1.90.